The van der Waals surface area contributed by atoms with Crippen LogP contribution in [-0.2, 0) is 6.61 Å². The Kier molecular flexibility index (Phi) is 4.35. The summed E-state index contributed by atoms with van der Waals surface area (Å²) in [6.07, 6.45) is 1.59. The molecule has 0 saturated carbocycles. The van der Waals surface area contributed by atoms with Crippen molar-refractivity contribution in [2.75, 3.05) is 0 Å². The van der Waals surface area contributed by atoms with E-state index in [4.69, 9.17) is 9.84 Å². The fourth-order valence-corrected chi connectivity index (χ4v) is 2.14. The SMILES string of the molecule is Cc1cc(Oc2ncc(CO)c(C)n2)ccc1C(C)C. The lowest BCUT2D eigenvalue weighted by Gasteiger charge is -2.12. The fraction of sp³-hybridized carbons (Fsp3) is 0.375. The molecule has 0 unspecified atom stereocenters. The van der Waals surface area contributed by atoms with Gasteiger partial charge >= 0.3 is 6.01 Å². The lowest BCUT2D eigenvalue weighted by molar-refractivity contribution is 0.279. The van der Waals surface area contributed by atoms with E-state index in [0.717, 1.165) is 11.4 Å². The number of nitrogens with zero attached hydrogens (tertiary/aromatic N) is 2. The second-order valence-electron chi connectivity index (χ2n) is 5.20. The molecule has 0 spiro atoms. The van der Waals surface area contributed by atoms with Crippen molar-refractivity contribution in [2.45, 2.75) is 40.2 Å². The van der Waals surface area contributed by atoms with Crippen molar-refractivity contribution < 1.29 is 9.84 Å². The molecule has 0 aliphatic heterocycles. The summed E-state index contributed by atoms with van der Waals surface area (Å²) >= 11 is 0. The first-order chi connectivity index (χ1) is 9.51. The number of aliphatic hydroxyl groups excluding tert-OH is 1. The number of rotatable bonds is 4. The van der Waals surface area contributed by atoms with E-state index in [1.165, 1.54) is 11.1 Å². The van der Waals surface area contributed by atoms with Gasteiger partial charge in [0.05, 0.1) is 12.3 Å². The third kappa shape index (κ3) is 3.14. The van der Waals surface area contributed by atoms with Crippen LogP contribution in [0.4, 0.5) is 0 Å². The zero-order chi connectivity index (χ0) is 14.7. The Morgan fingerprint density at radius 2 is 2.00 bits per heavy atom. The lowest BCUT2D eigenvalue weighted by atomic mass is 9.98. The van der Waals surface area contributed by atoms with E-state index in [9.17, 15) is 0 Å². The predicted octanol–water partition coefficient (Wildman–Crippen LogP) is 3.50. The van der Waals surface area contributed by atoms with Gasteiger partial charge in [0.1, 0.15) is 5.75 Å². The largest absolute Gasteiger partial charge is 0.424 e. The summed E-state index contributed by atoms with van der Waals surface area (Å²) in [4.78, 5) is 8.33. The summed E-state index contributed by atoms with van der Waals surface area (Å²) in [5.41, 5.74) is 3.95. The van der Waals surface area contributed by atoms with E-state index in [2.05, 4.69) is 36.8 Å². The summed E-state index contributed by atoms with van der Waals surface area (Å²) in [7, 11) is 0. The number of ether oxygens (including phenoxy) is 1. The third-order valence-corrected chi connectivity index (χ3v) is 3.30. The van der Waals surface area contributed by atoms with Crippen molar-refractivity contribution in [3.05, 3.63) is 46.8 Å². The van der Waals surface area contributed by atoms with Gasteiger partial charge in [-0.1, -0.05) is 19.9 Å². The van der Waals surface area contributed by atoms with Gasteiger partial charge in [-0.25, -0.2) is 4.98 Å². The van der Waals surface area contributed by atoms with Crippen LogP contribution >= 0.6 is 0 Å². The minimum Gasteiger partial charge on any atom is -0.424 e. The van der Waals surface area contributed by atoms with Gasteiger partial charge in [-0.15, -0.1) is 0 Å². The molecule has 4 heteroatoms. The van der Waals surface area contributed by atoms with Crippen molar-refractivity contribution >= 4 is 0 Å². The first-order valence-electron chi connectivity index (χ1n) is 6.73. The maximum absolute atomic E-state index is 9.10. The van der Waals surface area contributed by atoms with E-state index >= 15 is 0 Å². The quantitative estimate of drug-likeness (QED) is 0.925. The van der Waals surface area contributed by atoms with Crippen LogP contribution in [0.2, 0.25) is 0 Å². The second kappa shape index (κ2) is 6.01. The van der Waals surface area contributed by atoms with Crippen LogP contribution in [0.3, 0.4) is 0 Å². The van der Waals surface area contributed by atoms with E-state index in [1.54, 1.807) is 6.20 Å². The number of aliphatic hydroxyl groups is 1. The molecule has 0 bridgehead atoms. The van der Waals surface area contributed by atoms with Crippen LogP contribution in [0.5, 0.6) is 11.8 Å². The standard InChI is InChI=1S/C16H20N2O2/c1-10(2)15-6-5-14(7-11(15)3)20-16-17-8-13(9-19)12(4)18-16/h5-8,10,19H,9H2,1-4H3. The zero-order valence-corrected chi connectivity index (χ0v) is 12.3. The molecule has 0 atom stereocenters. The molecule has 0 aliphatic carbocycles. The molecule has 0 fully saturated rings. The van der Waals surface area contributed by atoms with Gasteiger partial charge in [0, 0.05) is 11.8 Å². The number of aromatic nitrogens is 2. The molecule has 2 rings (SSSR count). The van der Waals surface area contributed by atoms with Gasteiger partial charge in [0.15, 0.2) is 0 Å². The maximum Gasteiger partial charge on any atom is 0.322 e. The summed E-state index contributed by atoms with van der Waals surface area (Å²) in [6, 6.07) is 6.30. The Hall–Kier alpha value is -1.94. The van der Waals surface area contributed by atoms with Crippen molar-refractivity contribution in [2.24, 2.45) is 0 Å². The first-order valence-corrected chi connectivity index (χ1v) is 6.73. The van der Waals surface area contributed by atoms with Gasteiger partial charge in [-0.05, 0) is 43.0 Å². The van der Waals surface area contributed by atoms with Crippen LogP contribution < -0.4 is 4.74 Å². The highest BCUT2D eigenvalue weighted by atomic mass is 16.5. The second-order valence-corrected chi connectivity index (χ2v) is 5.20. The fourth-order valence-electron chi connectivity index (χ4n) is 2.14. The molecule has 20 heavy (non-hydrogen) atoms. The smallest absolute Gasteiger partial charge is 0.322 e. The highest BCUT2D eigenvalue weighted by Gasteiger charge is 2.08. The van der Waals surface area contributed by atoms with Gasteiger partial charge in [0.2, 0.25) is 0 Å². The average Bonchev–Trinajstić information content (AvgIpc) is 2.38. The van der Waals surface area contributed by atoms with E-state index in [1.807, 2.05) is 19.1 Å². The topological polar surface area (TPSA) is 55.2 Å². The number of aryl methyl sites for hydroxylation is 2. The predicted molar refractivity (Wildman–Crippen MR) is 78.0 cm³/mol. The maximum atomic E-state index is 9.10. The van der Waals surface area contributed by atoms with Crippen LogP contribution in [-0.4, -0.2) is 15.1 Å². The van der Waals surface area contributed by atoms with Crippen molar-refractivity contribution in [1.29, 1.82) is 0 Å². The van der Waals surface area contributed by atoms with Gasteiger partial charge in [-0.3, -0.25) is 0 Å². The summed E-state index contributed by atoms with van der Waals surface area (Å²) in [5, 5.41) is 9.10. The molecule has 1 aromatic carbocycles. The highest BCUT2D eigenvalue weighted by molar-refractivity contribution is 5.37. The molecule has 1 N–H and O–H groups in total. The first kappa shape index (κ1) is 14.5. The van der Waals surface area contributed by atoms with Crippen LogP contribution in [0.25, 0.3) is 0 Å². The normalized spacial score (nSPS) is 10.9. The minimum atomic E-state index is -0.0612. The van der Waals surface area contributed by atoms with Crippen LogP contribution in [0.1, 0.15) is 42.1 Å². The van der Waals surface area contributed by atoms with Gasteiger partial charge < -0.3 is 9.84 Å². The molecule has 0 radical (unpaired) electrons. The molecule has 0 saturated heterocycles. The molecule has 4 nitrogen and oxygen atoms in total. The molecule has 1 aromatic heterocycles. The molecule has 1 heterocycles. The summed E-state index contributed by atoms with van der Waals surface area (Å²) in [6.45, 7) is 8.18. The molecular formula is C16H20N2O2. The summed E-state index contributed by atoms with van der Waals surface area (Å²) < 4.78 is 5.67. The Labute approximate surface area is 119 Å². The Bertz CT molecular complexity index is 609. The Morgan fingerprint density at radius 1 is 1.25 bits per heavy atom. The van der Waals surface area contributed by atoms with Gasteiger partial charge in [0.25, 0.3) is 0 Å². The van der Waals surface area contributed by atoms with Gasteiger partial charge in [-0.2, -0.15) is 4.98 Å². The van der Waals surface area contributed by atoms with Crippen molar-refractivity contribution in [3.63, 3.8) is 0 Å². The van der Waals surface area contributed by atoms with Crippen LogP contribution in [0.15, 0.2) is 24.4 Å². The Balaban J connectivity index is 2.22. The highest BCUT2D eigenvalue weighted by Crippen LogP contribution is 2.25. The molecule has 0 aliphatic rings. The van der Waals surface area contributed by atoms with E-state index in [0.29, 0.717) is 17.5 Å². The number of hydrogen-bond donors (Lipinski definition) is 1. The lowest BCUT2D eigenvalue weighted by Crippen LogP contribution is -1.99. The molecule has 2 aromatic rings. The Morgan fingerprint density at radius 3 is 2.55 bits per heavy atom. The minimum absolute atomic E-state index is 0.0612. The summed E-state index contributed by atoms with van der Waals surface area (Å²) in [5.74, 6) is 1.22. The van der Waals surface area contributed by atoms with Crippen LogP contribution in [0, 0.1) is 13.8 Å². The van der Waals surface area contributed by atoms with E-state index in [-0.39, 0.29) is 6.61 Å². The average molecular weight is 272 g/mol. The monoisotopic (exact) mass is 272 g/mol. The number of hydrogen-bond acceptors (Lipinski definition) is 4. The van der Waals surface area contributed by atoms with Crippen molar-refractivity contribution in [3.8, 4) is 11.8 Å². The van der Waals surface area contributed by atoms with E-state index < -0.39 is 0 Å². The van der Waals surface area contributed by atoms with Crippen molar-refractivity contribution in [1.82, 2.24) is 9.97 Å². The molecule has 0 amide bonds. The number of benzene rings is 1. The molecular weight excluding hydrogens is 252 g/mol. The third-order valence-electron chi connectivity index (χ3n) is 3.30. The zero-order valence-electron chi connectivity index (χ0n) is 12.3. The molecule has 106 valence electrons.